The number of nitrogens with zero attached hydrogens (tertiary/aromatic N) is 1. The van der Waals surface area contributed by atoms with Crippen LogP contribution in [-0.2, 0) is 10.8 Å². The molecule has 0 radical (unpaired) electrons. The molecule has 1 amide bonds. The van der Waals surface area contributed by atoms with Crippen molar-refractivity contribution >= 4 is 29.1 Å². The van der Waals surface area contributed by atoms with Gasteiger partial charge in [-0.3, -0.25) is 9.59 Å². The predicted molar refractivity (Wildman–Crippen MR) is 135 cm³/mol. The fourth-order valence-corrected chi connectivity index (χ4v) is 5.06. The van der Waals surface area contributed by atoms with Gasteiger partial charge < -0.3 is 5.32 Å². The van der Waals surface area contributed by atoms with Gasteiger partial charge in [-0.25, -0.2) is 9.37 Å². The molecule has 0 spiro atoms. The quantitative estimate of drug-likeness (QED) is 0.314. The topological polar surface area (TPSA) is 59.1 Å². The Morgan fingerprint density at radius 3 is 2.21 bits per heavy atom. The van der Waals surface area contributed by atoms with Gasteiger partial charge in [0.25, 0.3) is 5.91 Å². The van der Waals surface area contributed by atoms with Crippen molar-refractivity contribution < 1.29 is 14.0 Å². The smallest absolute Gasteiger partial charge is 0.257 e. The van der Waals surface area contributed by atoms with E-state index < -0.39 is 0 Å². The molecule has 3 aromatic rings. The van der Waals surface area contributed by atoms with Crippen LogP contribution >= 0.6 is 11.8 Å². The van der Waals surface area contributed by atoms with Gasteiger partial charge in [0.2, 0.25) is 0 Å². The van der Waals surface area contributed by atoms with E-state index in [1.54, 1.807) is 12.1 Å². The number of benzene rings is 2. The summed E-state index contributed by atoms with van der Waals surface area (Å²) in [6, 6.07) is 15.1. The van der Waals surface area contributed by atoms with Crippen LogP contribution < -0.4 is 5.32 Å². The van der Waals surface area contributed by atoms with Gasteiger partial charge in [-0.05, 0) is 77.3 Å². The highest BCUT2D eigenvalue weighted by Crippen LogP contribution is 2.46. The zero-order valence-corrected chi connectivity index (χ0v) is 20.8. The van der Waals surface area contributed by atoms with Crippen LogP contribution in [0.1, 0.15) is 72.4 Å². The van der Waals surface area contributed by atoms with Crippen molar-refractivity contribution in [2.75, 3.05) is 11.1 Å². The van der Waals surface area contributed by atoms with Gasteiger partial charge in [-0.1, -0.05) is 51.6 Å². The molecular formula is C28H29FN2O2S. The second-order valence-corrected chi connectivity index (χ2v) is 11.1. The minimum Gasteiger partial charge on any atom is -0.322 e. The van der Waals surface area contributed by atoms with E-state index in [1.165, 1.54) is 53.4 Å². The number of anilines is 1. The minimum absolute atomic E-state index is 0.0557. The summed E-state index contributed by atoms with van der Waals surface area (Å²) in [5.41, 5.74) is 4.41. The number of amides is 1. The van der Waals surface area contributed by atoms with Crippen LogP contribution in [0.4, 0.5) is 10.1 Å². The number of hydrogen-bond donors (Lipinski definition) is 1. The number of Topliss-reactive ketones (excluding diaryl/α,β-unsaturated/α-hetero) is 1. The molecule has 0 aliphatic heterocycles. The Morgan fingerprint density at radius 1 is 0.912 bits per heavy atom. The molecule has 1 heterocycles. The Balaban J connectivity index is 1.40. The van der Waals surface area contributed by atoms with E-state index >= 15 is 0 Å². The highest BCUT2D eigenvalue weighted by atomic mass is 32.2. The number of halogens is 1. The first-order valence-electron chi connectivity index (χ1n) is 11.4. The predicted octanol–water partition coefficient (Wildman–Crippen LogP) is 6.80. The second-order valence-electron chi connectivity index (χ2n) is 10.1. The number of fused-ring (bicyclic) bond motifs is 1. The third kappa shape index (κ3) is 5.22. The Hall–Kier alpha value is -2.99. The number of nitrogens with one attached hydrogen (secondary N) is 1. The summed E-state index contributed by atoms with van der Waals surface area (Å²) >= 11 is 1.35. The summed E-state index contributed by atoms with van der Waals surface area (Å²) < 4.78 is 13.0. The molecule has 2 aromatic carbocycles. The van der Waals surface area contributed by atoms with Crippen LogP contribution in [0, 0.1) is 5.82 Å². The molecular weight excluding hydrogens is 447 g/mol. The third-order valence-electron chi connectivity index (χ3n) is 6.63. The lowest BCUT2D eigenvalue weighted by Gasteiger charge is -2.42. The van der Waals surface area contributed by atoms with E-state index in [-0.39, 0.29) is 34.1 Å². The normalized spacial score (nSPS) is 15.9. The molecule has 6 heteroatoms. The molecule has 0 fully saturated rings. The number of hydrogen-bond acceptors (Lipinski definition) is 4. The standard InChI is InChI=1S/C28H29FN2O2S/c1-27(2)13-14-28(3,4)23-15-18(5-11-22(23)27)24(32)17-34-25-12-6-19(16-30-25)26(33)31-21-9-7-20(29)8-10-21/h5-12,15-16H,13-14,17H2,1-4H3,(H,31,33). The molecule has 1 aliphatic rings. The maximum atomic E-state index is 13.0. The number of carbonyl (C=O) groups excluding carboxylic acids is 2. The molecule has 1 aromatic heterocycles. The van der Waals surface area contributed by atoms with E-state index in [0.717, 1.165) is 18.4 Å². The van der Waals surface area contributed by atoms with Crippen LogP contribution in [0.25, 0.3) is 0 Å². The van der Waals surface area contributed by atoms with E-state index in [2.05, 4.69) is 50.1 Å². The van der Waals surface area contributed by atoms with E-state index in [1.807, 2.05) is 6.07 Å². The van der Waals surface area contributed by atoms with Crippen molar-refractivity contribution in [3.8, 4) is 0 Å². The summed E-state index contributed by atoms with van der Waals surface area (Å²) in [6.45, 7) is 9.05. The maximum absolute atomic E-state index is 13.0. The van der Waals surface area contributed by atoms with Crippen molar-refractivity contribution in [1.82, 2.24) is 4.98 Å². The Labute approximate surface area is 204 Å². The molecule has 0 bridgehead atoms. The van der Waals surface area contributed by atoms with Gasteiger partial charge in [0.1, 0.15) is 5.82 Å². The van der Waals surface area contributed by atoms with Crippen molar-refractivity contribution in [2.24, 2.45) is 0 Å². The Kier molecular flexibility index (Phi) is 6.63. The average molecular weight is 477 g/mol. The lowest BCUT2D eigenvalue weighted by molar-refractivity contribution is 0.101. The zero-order chi connectivity index (χ0) is 24.5. The molecule has 4 rings (SSSR count). The van der Waals surface area contributed by atoms with Gasteiger partial charge in [-0.15, -0.1) is 0 Å². The number of ketones is 1. The van der Waals surface area contributed by atoms with E-state index in [9.17, 15) is 14.0 Å². The summed E-state index contributed by atoms with van der Waals surface area (Å²) in [5.74, 6) is -0.353. The van der Waals surface area contributed by atoms with Crippen molar-refractivity contribution in [2.45, 2.75) is 56.4 Å². The van der Waals surface area contributed by atoms with Crippen molar-refractivity contribution in [3.05, 3.63) is 88.9 Å². The van der Waals surface area contributed by atoms with Gasteiger partial charge in [0.15, 0.2) is 5.78 Å². The average Bonchev–Trinajstić information content (AvgIpc) is 2.82. The lowest BCUT2D eigenvalue weighted by Crippen LogP contribution is -2.34. The number of carbonyl (C=O) groups is 2. The highest BCUT2D eigenvalue weighted by molar-refractivity contribution is 7.99. The summed E-state index contributed by atoms with van der Waals surface area (Å²) in [7, 11) is 0. The first-order valence-corrected chi connectivity index (χ1v) is 12.4. The molecule has 34 heavy (non-hydrogen) atoms. The number of rotatable bonds is 6. The number of thioether (sulfide) groups is 1. The third-order valence-corrected chi connectivity index (χ3v) is 7.57. The Morgan fingerprint density at radius 2 is 1.56 bits per heavy atom. The first kappa shape index (κ1) is 24.1. The van der Waals surface area contributed by atoms with Crippen molar-refractivity contribution in [1.29, 1.82) is 0 Å². The zero-order valence-electron chi connectivity index (χ0n) is 19.9. The van der Waals surface area contributed by atoms with Crippen molar-refractivity contribution in [3.63, 3.8) is 0 Å². The Bertz CT molecular complexity index is 1220. The molecule has 0 unspecified atom stereocenters. The maximum Gasteiger partial charge on any atom is 0.257 e. The van der Waals surface area contributed by atoms with Crippen LogP contribution in [0.3, 0.4) is 0 Å². The molecule has 0 atom stereocenters. The highest BCUT2D eigenvalue weighted by Gasteiger charge is 2.37. The lowest BCUT2D eigenvalue weighted by atomic mass is 9.63. The van der Waals surface area contributed by atoms with Gasteiger partial charge in [0, 0.05) is 17.4 Å². The molecule has 1 N–H and O–H groups in total. The van der Waals surface area contributed by atoms with Crippen LogP contribution in [0.5, 0.6) is 0 Å². The first-order chi connectivity index (χ1) is 16.0. The minimum atomic E-state index is -0.362. The SMILES string of the molecule is CC1(C)CCC(C)(C)c2cc(C(=O)CSc3ccc(C(=O)Nc4ccc(F)cc4)cn3)ccc21. The van der Waals surface area contributed by atoms with Crippen LogP contribution in [-0.4, -0.2) is 22.4 Å². The molecule has 176 valence electrons. The summed E-state index contributed by atoms with van der Waals surface area (Å²) in [5, 5.41) is 3.38. The fraction of sp³-hybridized carbons (Fsp3) is 0.321. The molecule has 1 aliphatic carbocycles. The summed E-state index contributed by atoms with van der Waals surface area (Å²) in [4.78, 5) is 29.6. The van der Waals surface area contributed by atoms with Gasteiger partial charge in [0.05, 0.1) is 16.3 Å². The van der Waals surface area contributed by atoms with Crippen LogP contribution in [0.15, 0.2) is 65.8 Å². The monoisotopic (exact) mass is 476 g/mol. The van der Waals surface area contributed by atoms with E-state index in [0.29, 0.717) is 16.3 Å². The number of pyridine rings is 1. The largest absolute Gasteiger partial charge is 0.322 e. The molecule has 0 saturated heterocycles. The second kappa shape index (κ2) is 9.34. The summed E-state index contributed by atoms with van der Waals surface area (Å²) in [6.07, 6.45) is 3.72. The van der Waals surface area contributed by atoms with Crippen LogP contribution in [0.2, 0.25) is 0 Å². The number of aromatic nitrogens is 1. The molecule has 4 nitrogen and oxygen atoms in total. The van der Waals surface area contributed by atoms with Gasteiger partial charge in [-0.2, -0.15) is 0 Å². The molecule has 0 saturated carbocycles. The fourth-order valence-electron chi connectivity index (χ4n) is 4.32. The van der Waals surface area contributed by atoms with E-state index in [4.69, 9.17) is 0 Å². The van der Waals surface area contributed by atoms with Gasteiger partial charge >= 0.3 is 0 Å².